The lowest BCUT2D eigenvalue weighted by Crippen LogP contribution is -1.85. The Morgan fingerprint density at radius 3 is 1.70 bits per heavy atom. The Kier molecular flexibility index (Phi) is 16.8. The van der Waals surface area contributed by atoms with Gasteiger partial charge in [-0.1, -0.05) is 79.7 Å². The Hall–Kier alpha value is -0.160. The minimum atomic E-state index is 0.252. The van der Waals surface area contributed by atoms with E-state index in [4.69, 9.17) is 0 Å². The first-order chi connectivity index (χ1) is 9.77. The van der Waals surface area contributed by atoms with Crippen LogP contribution in [0.25, 0.3) is 0 Å². The third-order valence-corrected chi connectivity index (χ3v) is 3.97. The predicted molar refractivity (Wildman–Crippen MR) is 94.2 cm³/mol. The molecular formula is C18H35OP. The van der Waals surface area contributed by atoms with E-state index in [1.165, 1.54) is 77.0 Å². The van der Waals surface area contributed by atoms with Crippen LogP contribution in [0.2, 0.25) is 0 Å². The minimum Gasteiger partial charge on any atom is -0.295 e. The van der Waals surface area contributed by atoms with Crippen LogP contribution in [0, 0.1) is 0 Å². The monoisotopic (exact) mass is 298 g/mol. The highest BCUT2D eigenvalue weighted by molar-refractivity contribution is 7.40. The largest absolute Gasteiger partial charge is 0.295 e. The highest BCUT2D eigenvalue weighted by Gasteiger charge is 1.94. The summed E-state index contributed by atoms with van der Waals surface area (Å²) in [6.07, 6.45) is 22.5. The molecule has 20 heavy (non-hydrogen) atoms. The van der Waals surface area contributed by atoms with Crippen LogP contribution in [0.1, 0.15) is 96.8 Å². The van der Waals surface area contributed by atoms with Crippen LogP contribution in [-0.2, 0) is 4.79 Å². The van der Waals surface area contributed by atoms with E-state index >= 15 is 0 Å². The molecule has 0 heterocycles. The molecule has 0 aliphatic rings. The Labute approximate surface area is 129 Å². The maximum absolute atomic E-state index is 10.7. The smallest absolute Gasteiger partial charge is 0.148 e. The first-order valence-corrected chi connectivity index (χ1v) is 9.28. The second kappa shape index (κ2) is 16.9. The van der Waals surface area contributed by atoms with Crippen LogP contribution >= 0.6 is 9.24 Å². The summed E-state index contributed by atoms with van der Waals surface area (Å²) in [4.78, 5) is 10.7. The fourth-order valence-electron chi connectivity index (χ4n) is 2.37. The van der Waals surface area contributed by atoms with Crippen molar-refractivity contribution in [2.45, 2.75) is 96.8 Å². The summed E-state index contributed by atoms with van der Waals surface area (Å²) in [5.41, 5.74) is 0.252. The van der Waals surface area contributed by atoms with Crippen molar-refractivity contribution in [2.24, 2.45) is 0 Å². The predicted octanol–water partition coefficient (Wildman–Crippen LogP) is 6.43. The minimum absolute atomic E-state index is 0.252. The molecule has 0 aliphatic carbocycles. The lowest BCUT2D eigenvalue weighted by molar-refractivity contribution is -0.111. The van der Waals surface area contributed by atoms with Gasteiger partial charge in [0.1, 0.15) is 5.52 Å². The molecular weight excluding hydrogens is 263 g/mol. The van der Waals surface area contributed by atoms with Gasteiger partial charge in [0.05, 0.1) is 0 Å². The van der Waals surface area contributed by atoms with Crippen molar-refractivity contribution < 1.29 is 4.79 Å². The Morgan fingerprint density at radius 2 is 1.20 bits per heavy atom. The van der Waals surface area contributed by atoms with Gasteiger partial charge in [0, 0.05) is 6.42 Å². The van der Waals surface area contributed by atoms with Crippen molar-refractivity contribution in [3.8, 4) is 0 Å². The van der Waals surface area contributed by atoms with Crippen LogP contribution in [0.15, 0.2) is 12.2 Å². The fourth-order valence-corrected chi connectivity index (χ4v) is 2.57. The molecule has 118 valence electrons. The van der Waals surface area contributed by atoms with Crippen LogP contribution < -0.4 is 0 Å². The van der Waals surface area contributed by atoms with Gasteiger partial charge in [-0.25, -0.2) is 0 Å². The maximum atomic E-state index is 10.7. The Morgan fingerprint density at radius 1 is 0.750 bits per heavy atom. The zero-order valence-corrected chi connectivity index (χ0v) is 14.7. The van der Waals surface area contributed by atoms with Gasteiger partial charge in [0.15, 0.2) is 0 Å². The molecule has 1 nitrogen and oxygen atoms in total. The summed E-state index contributed by atoms with van der Waals surface area (Å²) in [6.45, 7) is 2.27. The molecule has 0 aromatic carbocycles. The van der Waals surface area contributed by atoms with E-state index < -0.39 is 0 Å². The van der Waals surface area contributed by atoms with Crippen molar-refractivity contribution in [2.75, 3.05) is 0 Å². The highest BCUT2D eigenvalue weighted by atomic mass is 31.0. The van der Waals surface area contributed by atoms with E-state index in [-0.39, 0.29) is 5.52 Å². The molecule has 0 N–H and O–H groups in total. The highest BCUT2D eigenvalue weighted by Crippen LogP contribution is 2.10. The SMILES string of the molecule is CCCCCCCC/C=C\CCCCCCCC(=O)P. The van der Waals surface area contributed by atoms with Gasteiger partial charge in [-0.15, -0.1) is 0 Å². The van der Waals surface area contributed by atoms with Crippen LogP contribution in [0.4, 0.5) is 0 Å². The van der Waals surface area contributed by atoms with E-state index in [1.54, 1.807) is 0 Å². The topological polar surface area (TPSA) is 17.1 Å². The number of allylic oxidation sites excluding steroid dienone is 2. The molecule has 0 radical (unpaired) electrons. The summed E-state index contributed by atoms with van der Waals surface area (Å²) in [5.74, 6) is 0. The maximum Gasteiger partial charge on any atom is 0.148 e. The third-order valence-electron chi connectivity index (χ3n) is 3.68. The molecule has 0 amide bonds. The lowest BCUT2D eigenvalue weighted by atomic mass is 10.1. The average molecular weight is 298 g/mol. The quantitative estimate of drug-likeness (QED) is 0.193. The molecule has 0 saturated carbocycles. The number of hydrogen-bond acceptors (Lipinski definition) is 1. The number of carbonyl (C=O) groups excluding carboxylic acids is 1. The summed E-state index contributed by atoms with van der Waals surface area (Å²) < 4.78 is 0. The number of hydrogen-bond donors (Lipinski definition) is 0. The van der Waals surface area contributed by atoms with E-state index in [0.29, 0.717) is 0 Å². The molecule has 1 atom stereocenters. The van der Waals surface area contributed by atoms with E-state index in [0.717, 1.165) is 12.8 Å². The molecule has 0 aromatic heterocycles. The second-order valence-corrected chi connectivity index (χ2v) is 6.44. The number of rotatable bonds is 15. The first kappa shape index (κ1) is 19.8. The molecule has 0 saturated heterocycles. The van der Waals surface area contributed by atoms with Crippen molar-refractivity contribution in [3.63, 3.8) is 0 Å². The van der Waals surface area contributed by atoms with Crippen LogP contribution in [0.3, 0.4) is 0 Å². The van der Waals surface area contributed by atoms with Crippen molar-refractivity contribution in [1.82, 2.24) is 0 Å². The molecule has 0 bridgehead atoms. The third kappa shape index (κ3) is 17.8. The Balaban J connectivity index is 3.07. The fraction of sp³-hybridized carbons (Fsp3) is 0.833. The second-order valence-electron chi connectivity index (χ2n) is 5.80. The lowest BCUT2D eigenvalue weighted by Gasteiger charge is -1.99. The Bertz CT molecular complexity index is 236. The van der Waals surface area contributed by atoms with Crippen LogP contribution in [-0.4, -0.2) is 5.52 Å². The van der Waals surface area contributed by atoms with Crippen molar-refractivity contribution >= 4 is 14.8 Å². The van der Waals surface area contributed by atoms with E-state index in [9.17, 15) is 4.79 Å². The first-order valence-electron chi connectivity index (χ1n) is 8.70. The average Bonchev–Trinajstić information content (AvgIpc) is 2.43. The van der Waals surface area contributed by atoms with E-state index in [1.807, 2.05) is 0 Å². The van der Waals surface area contributed by atoms with Gasteiger partial charge in [-0.2, -0.15) is 0 Å². The van der Waals surface area contributed by atoms with Crippen molar-refractivity contribution in [1.29, 1.82) is 0 Å². The zero-order chi connectivity index (χ0) is 14.9. The molecule has 0 aliphatic heterocycles. The molecule has 0 fully saturated rings. The van der Waals surface area contributed by atoms with Gasteiger partial charge < -0.3 is 0 Å². The van der Waals surface area contributed by atoms with Gasteiger partial charge in [-0.05, 0) is 32.1 Å². The summed E-state index contributed by atoms with van der Waals surface area (Å²) in [7, 11) is 2.26. The van der Waals surface area contributed by atoms with Crippen LogP contribution in [0.5, 0.6) is 0 Å². The standard InChI is InChI=1S/C18H35OP/c1-2-3-4-5-6-7-8-9-10-11-12-13-14-15-16-17-18(19)20/h9-10H,2-8,11-17,20H2,1H3/b10-9-. The summed E-state index contributed by atoms with van der Waals surface area (Å²) in [5, 5.41) is 0. The number of unbranched alkanes of at least 4 members (excludes halogenated alkanes) is 11. The van der Waals surface area contributed by atoms with E-state index in [2.05, 4.69) is 28.3 Å². The molecule has 0 aromatic rings. The molecule has 0 spiro atoms. The summed E-state index contributed by atoms with van der Waals surface area (Å²) >= 11 is 0. The zero-order valence-electron chi connectivity index (χ0n) is 13.5. The van der Waals surface area contributed by atoms with Gasteiger partial charge >= 0.3 is 0 Å². The van der Waals surface area contributed by atoms with Gasteiger partial charge in [0.25, 0.3) is 0 Å². The van der Waals surface area contributed by atoms with Gasteiger partial charge in [0.2, 0.25) is 0 Å². The molecule has 2 heteroatoms. The van der Waals surface area contributed by atoms with Crippen molar-refractivity contribution in [3.05, 3.63) is 12.2 Å². The number of carbonyl (C=O) groups is 1. The summed E-state index contributed by atoms with van der Waals surface area (Å²) in [6, 6.07) is 0. The molecule has 0 rings (SSSR count). The van der Waals surface area contributed by atoms with Gasteiger partial charge in [-0.3, -0.25) is 4.79 Å². The molecule has 1 unspecified atom stereocenters. The normalized spacial score (nSPS) is 11.3.